The van der Waals surface area contributed by atoms with Crippen molar-refractivity contribution in [2.75, 3.05) is 55.9 Å². The van der Waals surface area contributed by atoms with Crippen LogP contribution in [0.4, 0.5) is 0 Å². The van der Waals surface area contributed by atoms with Gasteiger partial charge in [-0.25, -0.2) is 0 Å². The Bertz CT molecular complexity index is 254. The van der Waals surface area contributed by atoms with Crippen molar-refractivity contribution in [3.8, 4) is 0 Å². The molecule has 2 atom stereocenters. The molecule has 0 bridgehead atoms. The second-order valence-electron chi connectivity index (χ2n) is 5.42. The Labute approximate surface area is 143 Å². The predicted octanol–water partition coefficient (Wildman–Crippen LogP) is 2.32. The largest absolute Gasteiger partial charge is 0.503 e. The van der Waals surface area contributed by atoms with E-state index in [4.69, 9.17) is 31.3 Å². The van der Waals surface area contributed by atoms with Crippen molar-refractivity contribution >= 4 is 17.6 Å². The van der Waals surface area contributed by atoms with Gasteiger partial charge in [-0.15, -0.1) is 0 Å². The van der Waals surface area contributed by atoms with Crippen LogP contribution in [0, 0.1) is 0 Å². The maximum Gasteiger partial charge on any atom is 0.503 e. The molecule has 0 fully saturated rings. The summed E-state index contributed by atoms with van der Waals surface area (Å²) in [5, 5.41) is 0. The van der Waals surface area contributed by atoms with E-state index in [0.29, 0.717) is 13.2 Å². The first-order chi connectivity index (χ1) is 10.9. The van der Waals surface area contributed by atoms with Gasteiger partial charge in [0.05, 0.1) is 0 Å². The lowest BCUT2D eigenvalue weighted by atomic mass is 10.3. The molecule has 0 aliphatic rings. The topological polar surface area (TPSA) is 64.6 Å². The van der Waals surface area contributed by atoms with Gasteiger partial charge >= 0.3 is 17.6 Å². The monoisotopic (exact) mass is 370 g/mol. The Kier molecular flexibility index (Phi) is 11.7. The molecule has 0 N–H and O–H groups in total. The molecular weight excluding hydrogens is 336 g/mol. The molecule has 2 unspecified atom stereocenters. The molecule has 7 nitrogen and oxygen atoms in total. The Morgan fingerprint density at radius 3 is 1.04 bits per heavy atom. The van der Waals surface area contributed by atoms with Crippen LogP contribution in [0.5, 0.6) is 0 Å². The molecule has 0 heterocycles. The molecule has 0 aromatic carbocycles. The number of ether oxygens (including phenoxy) is 1. The minimum Gasteiger partial charge on any atom is -0.381 e. The summed E-state index contributed by atoms with van der Waals surface area (Å²) in [4.78, 5) is 0. The molecule has 9 heteroatoms. The average Bonchev–Trinajstić information content (AvgIpc) is 2.58. The van der Waals surface area contributed by atoms with E-state index in [9.17, 15) is 0 Å². The van der Waals surface area contributed by atoms with Crippen LogP contribution in [0.25, 0.3) is 0 Å². The number of rotatable bonds is 14. The maximum atomic E-state index is 5.74. The van der Waals surface area contributed by atoms with Gasteiger partial charge in [-0.1, -0.05) is 13.8 Å². The minimum atomic E-state index is -2.58. The Balaban J connectivity index is 4.18. The highest BCUT2D eigenvalue weighted by atomic mass is 28.4. The fraction of sp³-hybridized carbons (Fsp3) is 1.00. The molecule has 0 radical (unpaired) electrons. The fourth-order valence-corrected chi connectivity index (χ4v) is 7.04. The second-order valence-corrected chi connectivity index (χ2v) is 12.3. The Morgan fingerprint density at radius 1 is 0.565 bits per heavy atom. The molecule has 0 amide bonds. The minimum absolute atomic E-state index is 0.172. The summed E-state index contributed by atoms with van der Waals surface area (Å²) >= 11 is 0. The van der Waals surface area contributed by atoms with E-state index in [1.807, 2.05) is 0 Å². The van der Waals surface area contributed by atoms with Gasteiger partial charge in [0.1, 0.15) is 0 Å². The van der Waals surface area contributed by atoms with Crippen molar-refractivity contribution in [3.63, 3.8) is 0 Å². The first-order valence-electron chi connectivity index (χ1n) is 7.80. The van der Waals surface area contributed by atoms with Crippen molar-refractivity contribution in [1.29, 1.82) is 0 Å². The summed E-state index contributed by atoms with van der Waals surface area (Å²) in [7, 11) is 4.60. The standard InChI is InChI=1S/C14H34O7Si2/c1-13(22(15-3,16-4)17-5)9-11-21-12-10-14(2)23(18-6,19-7)20-8/h13-14H,9-12H2,1-8H3. The van der Waals surface area contributed by atoms with Crippen LogP contribution in [0.15, 0.2) is 0 Å². The van der Waals surface area contributed by atoms with Crippen LogP contribution >= 0.6 is 0 Å². The van der Waals surface area contributed by atoms with E-state index in [-0.39, 0.29) is 11.1 Å². The molecule has 0 aliphatic carbocycles. The Morgan fingerprint density at radius 2 is 0.826 bits per heavy atom. The van der Waals surface area contributed by atoms with Crippen LogP contribution in [0.1, 0.15) is 26.7 Å². The van der Waals surface area contributed by atoms with Gasteiger partial charge in [0, 0.05) is 67.0 Å². The van der Waals surface area contributed by atoms with Crippen molar-refractivity contribution in [2.45, 2.75) is 37.8 Å². The van der Waals surface area contributed by atoms with E-state index >= 15 is 0 Å². The van der Waals surface area contributed by atoms with Gasteiger partial charge in [-0.05, 0) is 12.8 Å². The SMILES string of the molecule is CO[Si](OC)(OC)C(C)CCOCCC(C)[Si](OC)(OC)OC. The Hall–Kier alpha value is 0.154. The molecule has 140 valence electrons. The molecule has 0 aliphatic heterocycles. The first kappa shape index (κ1) is 23.2. The van der Waals surface area contributed by atoms with Gasteiger partial charge < -0.3 is 31.3 Å². The summed E-state index contributed by atoms with van der Waals surface area (Å²) in [6, 6.07) is 0. The zero-order valence-electron chi connectivity index (χ0n) is 15.8. The van der Waals surface area contributed by atoms with E-state index in [0.717, 1.165) is 12.8 Å². The second kappa shape index (κ2) is 11.7. The average molecular weight is 371 g/mol. The van der Waals surface area contributed by atoms with Crippen molar-refractivity contribution in [2.24, 2.45) is 0 Å². The zero-order chi connectivity index (χ0) is 17.9. The molecule has 0 saturated carbocycles. The summed E-state index contributed by atoms with van der Waals surface area (Å²) in [6.07, 6.45) is 1.63. The quantitative estimate of drug-likeness (QED) is 0.343. The first-order valence-corrected chi connectivity index (χ1v) is 11.4. The molecular formula is C14H34O7Si2. The van der Waals surface area contributed by atoms with Crippen molar-refractivity contribution in [1.82, 2.24) is 0 Å². The van der Waals surface area contributed by atoms with Gasteiger partial charge in [0.2, 0.25) is 0 Å². The lowest BCUT2D eigenvalue weighted by Crippen LogP contribution is -2.47. The van der Waals surface area contributed by atoms with Crippen LogP contribution in [-0.2, 0) is 31.3 Å². The van der Waals surface area contributed by atoms with Gasteiger partial charge in [-0.3, -0.25) is 0 Å². The highest BCUT2D eigenvalue weighted by molar-refractivity contribution is 6.62. The van der Waals surface area contributed by atoms with Crippen LogP contribution in [0.2, 0.25) is 11.1 Å². The maximum absolute atomic E-state index is 5.74. The highest BCUT2D eigenvalue weighted by Gasteiger charge is 2.45. The van der Waals surface area contributed by atoms with E-state index < -0.39 is 17.6 Å². The van der Waals surface area contributed by atoms with Crippen molar-refractivity contribution < 1.29 is 31.3 Å². The molecule has 0 saturated heterocycles. The smallest absolute Gasteiger partial charge is 0.381 e. The molecule has 0 aromatic rings. The third-order valence-corrected chi connectivity index (χ3v) is 10.7. The van der Waals surface area contributed by atoms with Gasteiger partial charge in [0.15, 0.2) is 0 Å². The third kappa shape index (κ3) is 6.18. The summed E-state index contributed by atoms with van der Waals surface area (Å²) in [5.41, 5.74) is 0.343. The van der Waals surface area contributed by atoms with Crippen LogP contribution in [0.3, 0.4) is 0 Å². The number of hydrogen-bond acceptors (Lipinski definition) is 7. The lowest BCUT2D eigenvalue weighted by molar-refractivity contribution is 0.0842. The molecule has 23 heavy (non-hydrogen) atoms. The van der Waals surface area contributed by atoms with Gasteiger partial charge in [0.25, 0.3) is 0 Å². The fourth-order valence-electron chi connectivity index (χ4n) is 2.68. The number of hydrogen-bond donors (Lipinski definition) is 0. The molecule has 0 aromatic heterocycles. The van der Waals surface area contributed by atoms with E-state index in [1.165, 1.54) is 0 Å². The highest BCUT2D eigenvalue weighted by Crippen LogP contribution is 2.28. The van der Waals surface area contributed by atoms with Gasteiger partial charge in [-0.2, -0.15) is 0 Å². The van der Waals surface area contributed by atoms with E-state index in [1.54, 1.807) is 42.7 Å². The summed E-state index contributed by atoms with van der Waals surface area (Å²) < 4.78 is 38.6. The predicted molar refractivity (Wildman–Crippen MR) is 92.5 cm³/mol. The summed E-state index contributed by atoms with van der Waals surface area (Å²) in [6.45, 7) is 5.38. The zero-order valence-corrected chi connectivity index (χ0v) is 17.8. The normalized spacial score (nSPS) is 15.7. The van der Waals surface area contributed by atoms with Crippen molar-refractivity contribution in [3.05, 3.63) is 0 Å². The molecule has 0 spiro atoms. The van der Waals surface area contributed by atoms with Crippen LogP contribution < -0.4 is 0 Å². The third-order valence-electron chi connectivity index (χ3n) is 4.30. The van der Waals surface area contributed by atoms with E-state index in [2.05, 4.69) is 13.8 Å². The molecule has 0 rings (SSSR count). The van der Waals surface area contributed by atoms with Crippen LogP contribution in [-0.4, -0.2) is 73.5 Å². The lowest BCUT2D eigenvalue weighted by Gasteiger charge is -2.31. The summed E-state index contributed by atoms with van der Waals surface area (Å²) in [5.74, 6) is 0.